The maximum absolute atomic E-state index is 13.8. The van der Waals surface area contributed by atoms with E-state index in [0.717, 1.165) is 41.3 Å². The van der Waals surface area contributed by atoms with Gasteiger partial charge in [0, 0.05) is 37.6 Å². The van der Waals surface area contributed by atoms with Crippen LogP contribution in [0, 0.1) is 5.82 Å². The van der Waals surface area contributed by atoms with Crippen molar-refractivity contribution in [1.82, 2.24) is 59.7 Å². The summed E-state index contributed by atoms with van der Waals surface area (Å²) in [7, 11) is 1.46. The van der Waals surface area contributed by atoms with E-state index in [0.29, 0.717) is 24.7 Å². The van der Waals surface area contributed by atoms with Crippen molar-refractivity contribution in [2.45, 2.75) is 67.0 Å². The van der Waals surface area contributed by atoms with E-state index in [1.54, 1.807) is 33.8 Å². The second-order valence-corrected chi connectivity index (χ2v) is 13.2. The molecule has 2 atom stereocenters. The van der Waals surface area contributed by atoms with Crippen molar-refractivity contribution in [3.63, 3.8) is 0 Å². The average Bonchev–Trinajstić information content (AvgIpc) is 4.01. The van der Waals surface area contributed by atoms with E-state index in [1.807, 2.05) is 0 Å². The van der Waals surface area contributed by atoms with Gasteiger partial charge in [0.05, 0.1) is 78.6 Å². The van der Waals surface area contributed by atoms with Crippen LogP contribution in [0.2, 0.25) is 0 Å². The Hall–Kier alpha value is -7.27. The number of methoxy groups -OCH3 is 1. The number of likely N-dealkylation sites (N-methyl/N-ethyl adjacent to an activating group) is 2. The Morgan fingerprint density at radius 3 is 1.38 bits per heavy atom. The van der Waals surface area contributed by atoms with Gasteiger partial charge in [-0.1, -0.05) is 14.9 Å². The van der Waals surface area contributed by atoms with Gasteiger partial charge in [-0.15, -0.1) is 9.59 Å². The molecule has 0 saturated heterocycles. The third-order valence-corrected chi connectivity index (χ3v) is 8.93. The molecule has 17 nitrogen and oxygen atoms in total. The molecule has 24 heteroatoms. The number of hydrogen-bond acceptors (Lipinski definition) is 13. The van der Waals surface area contributed by atoms with Crippen molar-refractivity contribution in [2.24, 2.45) is 0 Å². The van der Waals surface area contributed by atoms with E-state index in [2.05, 4.69) is 40.3 Å². The molecule has 0 aliphatic carbocycles. The van der Waals surface area contributed by atoms with Gasteiger partial charge in [-0.25, -0.2) is 24.3 Å². The fraction of sp³-hybridized carbons (Fsp3) is 0.366. The lowest BCUT2D eigenvalue weighted by molar-refractivity contribution is -0.138. The van der Waals surface area contributed by atoms with Gasteiger partial charge in [-0.05, 0) is 52.0 Å². The van der Waals surface area contributed by atoms with Crippen LogP contribution in [0.25, 0.3) is 11.6 Å². The minimum absolute atomic E-state index is 0. The van der Waals surface area contributed by atoms with E-state index < -0.39 is 47.3 Å². The molecule has 0 fully saturated rings. The summed E-state index contributed by atoms with van der Waals surface area (Å²) < 4.78 is 106. The molecular weight excluding hydrogens is 874 g/mol. The number of ether oxygens (including phenoxy) is 3. The number of hydrogen-bond donors (Lipinski definition) is 0. The van der Waals surface area contributed by atoms with Crippen LogP contribution in [0.15, 0.2) is 86.0 Å². The summed E-state index contributed by atoms with van der Waals surface area (Å²) >= 11 is 0. The maximum Gasteiger partial charge on any atom is 0.417 e. The largest absolute Gasteiger partial charge is 0.495 e. The summed E-state index contributed by atoms with van der Waals surface area (Å²) in [5.74, 6) is -0.897. The topological polar surface area (TPSA) is 181 Å². The Balaban J connectivity index is 0.000000335. The van der Waals surface area contributed by atoms with Crippen molar-refractivity contribution >= 4 is 11.8 Å². The normalized spacial score (nSPS) is 12.0. The molecule has 0 bridgehead atoms. The van der Waals surface area contributed by atoms with Gasteiger partial charge < -0.3 is 24.0 Å². The van der Waals surface area contributed by atoms with E-state index >= 15 is 0 Å². The fourth-order valence-electron chi connectivity index (χ4n) is 5.74. The first-order valence-corrected chi connectivity index (χ1v) is 18.8. The predicted octanol–water partition coefficient (Wildman–Crippen LogP) is 7.43. The number of carbonyl (C=O) groups excluding carboxylic acids is 2. The molecule has 6 rings (SSSR count). The van der Waals surface area contributed by atoms with Gasteiger partial charge >= 0.3 is 12.4 Å². The summed E-state index contributed by atoms with van der Waals surface area (Å²) in [5.41, 5.74) is -1.58. The Morgan fingerprint density at radius 2 is 1.03 bits per heavy atom. The molecule has 6 heterocycles. The minimum atomic E-state index is -4.50. The first-order chi connectivity index (χ1) is 29.9. The molecule has 0 N–H and O–H groups in total. The van der Waals surface area contributed by atoms with Crippen LogP contribution in [-0.4, -0.2) is 117 Å². The van der Waals surface area contributed by atoms with Crippen molar-refractivity contribution in [3.05, 3.63) is 114 Å². The van der Waals surface area contributed by atoms with Crippen molar-refractivity contribution < 1.29 is 54.5 Å². The van der Waals surface area contributed by atoms with E-state index in [4.69, 9.17) is 14.2 Å². The number of alkyl halides is 6. The van der Waals surface area contributed by atoms with E-state index in [1.165, 1.54) is 52.7 Å². The molecular formula is C41H47F7N12O5. The average molecular weight is 921 g/mol. The van der Waals surface area contributed by atoms with Crippen molar-refractivity contribution in [2.75, 3.05) is 33.4 Å². The van der Waals surface area contributed by atoms with Crippen molar-refractivity contribution in [3.8, 4) is 29.1 Å². The van der Waals surface area contributed by atoms with E-state index in [9.17, 15) is 40.3 Å². The third kappa shape index (κ3) is 13.4. The molecule has 350 valence electrons. The highest BCUT2D eigenvalue weighted by Gasteiger charge is 2.32. The highest BCUT2D eigenvalue weighted by Crippen LogP contribution is 2.30. The summed E-state index contributed by atoms with van der Waals surface area (Å²) in [4.78, 5) is 47.2. The molecule has 0 spiro atoms. The molecule has 2 amide bonds. The highest BCUT2D eigenvalue weighted by molar-refractivity contribution is 5.98. The second-order valence-electron chi connectivity index (χ2n) is 13.2. The van der Waals surface area contributed by atoms with Gasteiger partial charge in [0.2, 0.25) is 11.8 Å². The highest BCUT2D eigenvalue weighted by atomic mass is 19.4. The summed E-state index contributed by atoms with van der Waals surface area (Å²) in [6.45, 7) is 7.53. The molecule has 0 saturated carbocycles. The monoisotopic (exact) mass is 920 g/mol. The first-order valence-electron chi connectivity index (χ1n) is 18.8. The Morgan fingerprint density at radius 1 is 0.631 bits per heavy atom. The van der Waals surface area contributed by atoms with Gasteiger partial charge in [0.25, 0.3) is 11.8 Å². The number of halogens is 7. The van der Waals surface area contributed by atoms with Crippen LogP contribution in [0.3, 0.4) is 0 Å². The molecule has 0 aliphatic rings. The Labute approximate surface area is 369 Å². The molecule has 0 radical (unpaired) electrons. The lowest BCUT2D eigenvalue weighted by atomic mass is 10.2. The predicted molar refractivity (Wildman–Crippen MR) is 220 cm³/mol. The molecule has 0 aromatic carbocycles. The molecule has 6 aromatic rings. The summed E-state index contributed by atoms with van der Waals surface area (Å²) in [6.07, 6.45) is 0.521. The van der Waals surface area contributed by atoms with Crippen LogP contribution >= 0.6 is 0 Å². The number of nitrogens with zero attached hydrogens (tertiary/aromatic N) is 12. The van der Waals surface area contributed by atoms with Crippen LogP contribution in [0.5, 0.6) is 17.5 Å². The van der Waals surface area contributed by atoms with Crippen LogP contribution in [0.4, 0.5) is 30.7 Å². The molecule has 6 aromatic heterocycles. The van der Waals surface area contributed by atoms with Gasteiger partial charge in [-0.2, -0.15) is 46.7 Å². The fourth-order valence-corrected chi connectivity index (χ4v) is 5.74. The van der Waals surface area contributed by atoms with Gasteiger partial charge in [0.1, 0.15) is 24.8 Å². The second kappa shape index (κ2) is 22.9. The van der Waals surface area contributed by atoms with E-state index in [-0.39, 0.29) is 75.0 Å². The summed E-state index contributed by atoms with van der Waals surface area (Å²) in [5, 5.41) is 15.9. The van der Waals surface area contributed by atoms with Crippen LogP contribution in [-0.2, 0) is 12.4 Å². The standard InChI is InChI=1S/C20H21F3N6O3.C19H18F4N6O2.2CH4/c1-4-28(13(2)12-32-17-6-5-14(10-24-17)20(21,22)23)19(30)16-9-15(31-3)11-25-18(16)29-26-7-8-27-29;1-3-28(12(2)11-31-16-5-4-13(9-24-16)19(21,22)23)18(30)15-8-14(20)10-25-17(15)29-26-6-7-27-29;;/h5-11,13H,4,12H2,1-3H3;4-10,12H,3,11H2,1-2H3;2*1H4/t13-;12-;;/m00../s1. The van der Waals surface area contributed by atoms with Gasteiger partial charge in [0.15, 0.2) is 11.6 Å². The maximum atomic E-state index is 13.8. The zero-order valence-corrected chi connectivity index (χ0v) is 34.1. The minimum Gasteiger partial charge on any atom is -0.495 e. The number of aromatic nitrogens is 10. The summed E-state index contributed by atoms with van der Waals surface area (Å²) in [6, 6.07) is 5.64. The SMILES string of the molecule is C.C.CCN(C(=O)c1cc(F)cnc1-n1nccn1)[C@@H](C)COc1ccc(C(F)(F)F)cn1.CCN(C(=O)c1cc(OC)cnc1-n1nccn1)[C@@H](C)COc1ccc(C(F)(F)F)cn1. The van der Waals surface area contributed by atoms with Crippen LogP contribution < -0.4 is 14.2 Å². The number of rotatable bonds is 15. The number of amides is 2. The molecule has 0 unspecified atom stereocenters. The lowest BCUT2D eigenvalue weighted by Crippen LogP contribution is -2.42. The van der Waals surface area contributed by atoms with Crippen molar-refractivity contribution in [1.29, 1.82) is 0 Å². The zero-order chi connectivity index (χ0) is 45.9. The zero-order valence-electron chi connectivity index (χ0n) is 34.1. The lowest BCUT2D eigenvalue weighted by Gasteiger charge is -2.28. The number of carbonyl (C=O) groups is 2. The number of pyridine rings is 4. The molecule has 0 aliphatic heterocycles. The Bertz CT molecular complexity index is 2400. The molecule has 65 heavy (non-hydrogen) atoms. The smallest absolute Gasteiger partial charge is 0.417 e. The first kappa shape index (κ1) is 52.1. The third-order valence-electron chi connectivity index (χ3n) is 8.93. The van der Waals surface area contributed by atoms with Crippen LogP contribution in [0.1, 0.15) is 74.4 Å². The Kier molecular flexibility index (Phi) is 18.3. The quantitative estimate of drug-likeness (QED) is 0.0929. The van der Waals surface area contributed by atoms with Gasteiger partial charge in [-0.3, -0.25) is 9.59 Å².